The Kier molecular flexibility index (Phi) is 6.61. The topological polar surface area (TPSA) is 114 Å². The van der Waals surface area contributed by atoms with Gasteiger partial charge in [-0.15, -0.1) is 11.8 Å². The van der Waals surface area contributed by atoms with Crippen molar-refractivity contribution < 1.29 is 29.0 Å². The van der Waals surface area contributed by atoms with E-state index >= 15 is 0 Å². The van der Waals surface area contributed by atoms with Gasteiger partial charge in [-0.05, 0) is 43.3 Å². The van der Waals surface area contributed by atoms with Gasteiger partial charge in [0, 0.05) is 28.8 Å². The number of benzene rings is 2. The Morgan fingerprint density at radius 1 is 1.00 bits per heavy atom. The Bertz CT molecular complexity index is 916. The highest BCUT2D eigenvalue weighted by Crippen LogP contribution is 2.34. The standard InChI is InChI=1S/C20H20N2O6S/c1-12(20(26)22-14-4-7-16-17(10-14)28-11-27-16)29-15-5-2-13(3-6-15)21-18(23)8-9-19(24)25/h2-7,10,12H,8-9,11H2,1H3,(H,21,23)(H,22,26)(H,24,25). The molecule has 2 amide bonds. The molecule has 3 rings (SSSR count). The lowest BCUT2D eigenvalue weighted by Gasteiger charge is -2.13. The van der Waals surface area contributed by atoms with Gasteiger partial charge in [0.1, 0.15) is 0 Å². The second-order valence-electron chi connectivity index (χ2n) is 6.28. The minimum atomic E-state index is -1.01. The van der Waals surface area contributed by atoms with Gasteiger partial charge in [0.2, 0.25) is 18.6 Å². The fourth-order valence-electron chi connectivity index (χ4n) is 2.54. The van der Waals surface area contributed by atoms with E-state index < -0.39 is 5.97 Å². The SMILES string of the molecule is CC(Sc1ccc(NC(=O)CCC(=O)O)cc1)C(=O)Nc1ccc2c(c1)OCO2. The Balaban J connectivity index is 1.50. The van der Waals surface area contributed by atoms with Crippen molar-refractivity contribution >= 4 is 40.9 Å². The van der Waals surface area contributed by atoms with Gasteiger partial charge in [-0.2, -0.15) is 0 Å². The van der Waals surface area contributed by atoms with E-state index in [0.717, 1.165) is 4.90 Å². The molecule has 8 nitrogen and oxygen atoms in total. The first-order valence-corrected chi connectivity index (χ1v) is 9.77. The Hall–Kier alpha value is -3.20. The summed E-state index contributed by atoms with van der Waals surface area (Å²) in [7, 11) is 0. The highest BCUT2D eigenvalue weighted by molar-refractivity contribution is 8.00. The normalized spacial score (nSPS) is 12.9. The highest BCUT2D eigenvalue weighted by Gasteiger charge is 2.18. The zero-order chi connectivity index (χ0) is 20.8. The van der Waals surface area contributed by atoms with Crippen LogP contribution in [0.2, 0.25) is 0 Å². The number of carboxylic acid groups (broad SMARTS) is 1. The van der Waals surface area contributed by atoms with Gasteiger partial charge in [-0.25, -0.2) is 0 Å². The minimum Gasteiger partial charge on any atom is -0.481 e. The Morgan fingerprint density at radius 2 is 1.69 bits per heavy atom. The molecule has 0 aliphatic carbocycles. The van der Waals surface area contributed by atoms with Crippen LogP contribution in [0.15, 0.2) is 47.4 Å². The van der Waals surface area contributed by atoms with Crippen molar-refractivity contribution in [3.8, 4) is 11.5 Å². The molecule has 0 spiro atoms. The molecule has 0 aromatic heterocycles. The summed E-state index contributed by atoms with van der Waals surface area (Å²) in [5, 5.41) is 13.7. The molecule has 1 aliphatic heterocycles. The van der Waals surface area contributed by atoms with Crippen molar-refractivity contribution in [3.05, 3.63) is 42.5 Å². The van der Waals surface area contributed by atoms with Crippen molar-refractivity contribution in [2.24, 2.45) is 0 Å². The summed E-state index contributed by atoms with van der Waals surface area (Å²) in [6.45, 7) is 1.98. The molecule has 1 heterocycles. The van der Waals surface area contributed by atoms with E-state index in [-0.39, 0.29) is 36.7 Å². The average Bonchev–Trinajstić information content (AvgIpc) is 3.15. The van der Waals surface area contributed by atoms with Crippen molar-refractivity contribution in [2.45, 2.75) is 29.9 Å². The first kappa shape index (κ1) is 20.5. The molecule has 2 aromatic rings. The third kappa shape index (κ3) is 5.89. The molecule has 1 aliphatic rings. The number of fused-ring (bicyclic) bond motifs is 1. The molecule has 0 saturated heterocycles. The quantitative estimate of drug-likeness (QED) is 0.566. The van der Waals surface area contributed by atoms with Gasteiger partial charge in [0.05, 0.1) is 11.7 Å². The predicted molar refractivity (Wildman–Crippen MR) is 108 cm³/mol. The summed E-state index contributed by atoms with van der Waals surface area (Å²) in [6.07, 6.45) is -0.293. The highest BCUT2D eigenvalue weighted by atomic mass is 32.2. The lowest BCUT2D eigenvalue weighted by atomic mass is 10.2. The van der Waals surface area contributed by atoms with Crippen LogP contribution in [0.3, 0.4) is 0 Å². The molecule has 3 N–H and O–H groups in total. The Morgan fingerprint density at radius 3 is 2.41 bits per heavy atom. The van der Waals surface area contributed by atoms with Crippen LogP contribution in [0.1, 0.15) is 19.8 Å². The van der Waals surface area contributed by atoms with Crippen LogP contribution in [-0.4, -0.2) is 34.9 Å². The van der Waals surface area contributed by atoms with Crippen molar-refractivity contribution in [2.75, 3.05) is 17.4 Å². The third-order valence-corrected chi connectivity index (χ3v) is 5.14. The second-order valence-corrected chi connectivity index (χ2v) is 7.70. The van der Waals surface area contributed by atoms with Crippen molar-refractivity contribution in [3.63, 3.8) is 0 Å². The van der Waals surface area contributed by atoms with Crippen molar-refractivity contribution in [1.82, 2.24) is 0 Å². The number of ether oxygens (including phenoxy) is 2. The number of carboxylic acids is 1. The molecule has 152 valence electrons. The van der Waals surface area contributed by atoms with Gasteiger partial charge in [0.15, 0.2) is 11.5 Å². The van der Waals surface area contributed by atoms with Crippen LogP contribution >= 0.6 is 11.8 Å². The van der Waals surface area contributed by atoms with E-state index in [2.05, 4.69) is 10.6 Å². The van der Waals surface area contributed by atoms with Crippen LogP contribution < -0.4 is 20.1 Å². The number of aliphatic carboxylic acids is 1. The van der Waals surface area contributed by atoms with E-state index in [1.54, 1.807) is 49.4 Å². The zero-order valence-electron chi connectivity index (χ0n) is 15.6. The van der Waals surface area contributed by atoms with Crippen LogP contribution in [0.25, 0.3) is 0 Å². The fourth-order valence-corrected chi connectivity index (χ4v) is 3.40. The molecule has 2 aromatic carbocycles. The number of rotatable bonds is 8. The molecule has 1 atom stereocenters. The van der Waals surface area contributed by atoms with E-state index in [1.807, 2.05) is 0 Å². The summed E-state index contributed by atoms with van der Waals surface area (Å²) in [5.74, 6) is -0.270. The van der Waals surface area contributed by atoms with Gasteiger partial charge in [-0.1, -0.05) is 0 Å². The monoisotopic (exact) mass is 416 g/mol. The number of hydrogen-bond donors (Lipinski definition) is 3. The summed E-state index contributed by atoms with van der Waals surface area (Å²) in [5.41, 5.74) is 1.20. The van der Waals surface area contributed by atoms with Gasteiger partial charge in [-0.3, -0.25) is 14.4 Å². The summed E-state index contributed by atoms with van der Waals surface area (Å²) in [6, 6.07) is 12.2. The number of nitrogens with one attached hydrogen (secondary N) is 2. The largest absolute Gasteiger partial charge is 0.481 e. The number of hydrogen-bond acceptors (Lipinski definition) is 6. The maximum absolute atomic E-state index is 12.4. The van der Waals surface area contributed by atoms with E-state index in [4.69, 9.17) is 14.6 Å². The van der Waals surface area contributed by atoms with Crippen LogP contribution in [0.5, 0.6) is 11.5 Å². The minimum absolute atomic E-state index is 0.0805. The number of thioether (sulfide) groups is 1. The van der Waals surface area contributed by atoms with E-state index in [9.17, 15) is 14.4 Å². The van der Waals surface area contributed by atoms with E-state index in [1.165, 1.54) is 11.8 Å². The molecule has 0 saturated carbocycles. The first-order valence-electron chi connectivity index (χ1n) is 8.89. The molecule has 0 radical (unpaired) electrons. The number of amides is 2. The molecule has 0 fully saturated rings. The lowest BCUT2D eigenvalue weighted by Crippen LogP contribution is -2.22. The Labute approximate surface area is 171 Å². The van der Waals surface area contributed by atoms with Gasteiger partial charge >= 0.3 is 5.97 Å². The number of carbonyl (C=O) groups excluding carboxylic acids is 2. The summed E-state index contributed by atoms with van der Waals surface area (Å²) < 4.78 is 10.6. The molecule has 1 unspecified atom stereocenters. The third-order valence-electron chi connectivity index (χ3n) is 4.03. The smallest absolute Gasteiger partial charge is 0.303 e. The maximum atomic E-state index is 12.4. The maximum Gasteiger partial charge on any atom is 0.303 e. The molecule has 29 heavy (non-hydrogen) atoms. The fraction of sp³-hybridized carbons (Fsp3) is 0.250. The predicted octanol–water partition coefficient (Wildman–Crippen LogP) is 3.34. The van der Waals surface area contributed by atoms with Gasteiger partial charge < -0.3 is 25.2 Å². The molecular formula is C20H20N2O6S. The summed E-state index contributed by atoms with van der Waals surface area (Å²) in [4.78, 5) is 35.5. The van der Waals surface area contributed by atoms with Crippen LogP contribution in [-0.2, 0) is 14.4 Å². The molecule has 0 bridgehead atoms. The van der Waals surface area contributed by atoms with Gasteiger partial charge in [0.25, 0.3) is 0 Å². The average molecular weight is 416 g/mol. The first-order chi connectivity index (χ1) is 13.9. The van der Waals surface area contributed by atoms with Crippen LogP contribution in [0.4, 0.5) is 11.4 Å². The molecule has 9 heteroatoms. The number of anilines is 2. The van der Waals surface area contributed by atoms with E-state index in [0.29, 0.717) is 22.9 Å². The second kappa shape index (κ2) is 9.33. The number of carbonyl (C=O) groups is 3. The van der Waals surface area contributed by atoms with Crippen LogP contribution in [0, 0.1) is 0 Å². The van der Waals surface area contributed by atoms with Crippen molar-refractivity contribution in [1.29, 1.82) is 0 Å². The summed E-state index contributed by atoms with van der Waals surface area (Å²) >= 11 is 1.38. The lowest BCUT2D eigenvalue weighted by molar-refractivity contribution is -0.138. The molecular weight excluding hydrogens is 396 g/mol. The zero-order valence-corrected chi connectivity index (χ0v) is 16.5.